The lowest BCUT2D eigenvalue weighted by atomic mass is 10.1. The van der Waals surface area contributed by atoms with Crippen LogP contribution in [0.25, 0.3) is 0 Å². The zero-order valence-electron chi connectivity index (χ0n) is 46.5. The highest BCUT2D eigenvalue weighted by molar-refractivity contribution is 5.71. The minimum atomic E-state index is -0.802. The lowest BCUT2D eigenvalue weighted by molar-refractivity contribution is -0.167. The fourth-order valence-electron chi connectivity index (χ4n) is 8.08. The van der Waals surface area contributed by atoms with Crippen LogP contribution in [-0.2, 0) is 28.6 Å². The summed E-state index contributed by atoms with van der Waals surface area (Å²) in [5.74, 6) is -0.937. The van der Waals surface area contributed by atoms with Crippen molar-refractivity contribution in [1.82, 2.24) is 0 Å². The Balaban J connectivity index is 4.43. The summed E-state index contributed by atoms with van der Waals surface area (Å²) in [4.78, 5) is 38.2. The standard InChI is InChI=1S/C65H110O6/c1-4-7-10-13-16-19-22-25-27-29-31-32-34-35-37-40-43-46-49-52-55-58-64(67)70-61-62(60-69-63(66)57-54-51-48-45-42-39-24-21-18-15-12-9-6-3)71-65(68)59-56-53-50-47-44-41-38-36-33-30-28-26-23-20-17-14-11-8-5-2/h8,11,17,20-22,24-26,28-29,31,33,36,41,44,62H,4-7,9-10,12-16,18-19,23,27,30,32,34-35,37-40,42-43,45-61H2,1-3H3/b11-8-,20-17-,24-21-,25-22-,28-26-,31-29-,36-33-,44-41-. The van der Waals surface area contributed by atoms with Crippen LogP contribution < -0.4 is 0 Å². The lowest BCUT2D eigenvalue weighted by Gasteiger charge is -2.18. The number of ether oxygens (including phenoxy) is 3. The van der Waals surface area contributed by atoms with Crippen molar-refractivity contribution < 1.29 is 28.6 Å². The molecule has 0 fully saturated rings. The molecule has 1 atom stereocenters. The maximum absolute atomic E-state index is 12.9. The molecule has 0 aliphatic carbocycles. The third kappa shape index (κ3) is 57.1. The first-order valence-corrected chi connectivity index (χ1v) is 29.7. The van der Waals surface area contributed by atoms with Crippen molar-refractivity contribution in [2.75, 3.05) is 13.2 Å². The Bertz CT molecular complexity index is 1410. The Morgan fingerprint density at radius 1 is 0.296 bits per heavy atom. The van der Waals surface area contributed by atoms with Gasteiger partial charge in [0.25, 0.3) is 0 Å². The average Bonchev–Trinajstić information content (AvgIpc) is 3.37. The molecule has 0 aliphatic rings. The van der Waals surface area contributed by atoms with Crippen molar-refractivity contribution in [3.05, 3.63) is 97.2 Å². The smallest absolute Gasteiger partial charge is 0.306 e. The molecule has 6 heteroatoms. The van der Waals surface area contributed by atoms with E-state index in [1.165, 1.54) is 128 Å². The second kappa shape index (κ2) is 58.9. The molecule has 0 aromatic carbocycles. The van der Waals surface area contributed by atoms with Gasteiger partial charge in [0.05, 0.1) is 0 Å². The van der Waals surface area contributed by atoms with E-state index in [2.05, 4.69) is 118 Å². The van der Waals surface area contributed by atoms with E-state index < -0.39 is 6.10 Å². The quantitative estimate of drug-likeness (QED) is 0.0261. The second-order valence-corrected chi connectivity index (χ2v) is 19.5. The molecule has 6 nitrogen and oxygen atoms in total. The summed E-state index contributed by atoms with van der Waals surface area (Å²) in [6.45, 7) is 6.47. The molecule has 406 valence electrons. The van der Waals surface area contributed by atoms with Crippen molar-refractivity contribution in [2.24, 2.45) is 0 Å². The van der Waals surface area contributed by atoms with E-state index in [1.54, 1.807) is 0 Å². The van der Waals surface area contributed by atoms with E-state index >= 15 is 0 Å². The van der Waals surface area contributed by atoms with Gasteiger partial charge in [0.2, 0.25) is 0 Å². The molecule has 0 aromatic heterocycles. The molecule has 71 heavy (non-hydrogen) atoms. The number of unbranched alkanes of at least 4 members (excludes halogenated alkanes) is 26. The van der Waals surface area contributed by atoms with Gasteiger partial charge in [-0.25, -0.2) is 0 Å². The highest BCUT2D eigenvalue weighted by Gasteiger charge is 2.19. The van der Waals surface area contributed by atoms with Crippen LogP contribution in [-0.4, -0.2) is 37.2 Å². The number of carbonyl (C=O) groups is 3. The van der Waals surface area contributed by atoms with E-state index in [0.29, 0.717) is 12.8 Å². The van der Waals surface area contributed by atoms with E-state index in [-0.39, 0.29) is 37.5 Å². The van der Waals surface area contributed by atoms with E-state index in [9.17, 15) is 14.4 Å². The number of hydrogen-bond acceptors (Lipinski definition) is 6. The van der Waals surface area contributed by atoms with Crippen LogP contribution in [0.1, 0.15) is 278 Å². The first-order chi connectivity index (χ1) is 35.0. The van der Waals surface area contributed by atoms with Crippen LogP contribution in [0.5, 0.6) is 0 Å². The Hall–Kier alpha value is -3.67. The molecule has 0 N–H and O–H groups in total. The summed E-state index contributed by atoms with van der Waals surface area (Å²) >= 11 is 0. The van der Waals surface area contributed by atoms with Crippen LogP contribution >= 0.6 is 0 Å². The summed E-state index contributed by atoms with van der Waals surface area (Å²) in [6.07, 6.45) is 78.3. The largest absolute Gasteiger partial charge is 0.462 e. The van der Waals surface area contributed by atoms with Crippen LogP contribution in [0.4, 0.5) is 0 Å². The zero-order chi connectivity index (χ0) is 51.4. The fraction of sp³-hybridized carbons (Fsp3) is 0.708. The zero-order valence-corrected chi connectivity index (χ0v) is 46.5. The van der Waals surface area contributed by atoms with Gasteiger partial charge in [-0.15, -0.1) is 0 Å². The SMILES string of the molecule is CC/C=C\C/C=C\C/C=C\C/C=C\C/C=C\CCCCCC(=O)OC(COC(=O)CCCCCCC/C=C\CCCCCC)COC(=O)CCCCCCCCCCC/C=C\C/C=C\CCCCCCC. The van der Waals surface area contributed by atoms with Crippen molar-refractivity contribution in [3.63, 3.8) is 0 Å². The van der Waals surface area contributed by atoms with Crippen LogP contribution in [0.3, 0.4) is 0 Å². The maximum atomic E-state index is 12.9. The molecule has 0 aromatic rings. The topological polar surface area (TPSA) is 78.9 Å². The summed E-state index contributed by atoms with van der Waals surface area (Å²) in [7, 11) is 0. The van der Waals surface area contributed by atoms with Crippen LogP contribution in [0, 0.1) is 0 Å². The second-order valence-electron chi connectivity index (χ2n) is 19.5. The van der Waals surface area contributed by atoms with Crippen LogP contribution in [0.15, 0.2) is 97.2 Å². The molecule has 0 spiro atoms. The Morgan fingerprint density at radius 3 is 0.901 bits per heavy atom. The minimum absolute atomic E-state index is 0.0960. The van der Waals surface area contributed by atoms with Gasteiger partial charge in [-0.2, -0.15) is 0 Å². The lowest BCUT2D eigenvalue weighted by Crippen LogP contribution is -2.30. The summed E-state index contributed by atoms with van der Waals surface area (Å²) < 4.78 is 16.8. The van der Waals surface area contributed by atoms with E-state index in [0.717, 1.165) is 109 Å². The Morgan fingerprint density at radius 2 is 0.549 bits per heavy atom. The molecule has 0 saturated heterocycles. The molecule has 0 bridgehead atoms. The van der Waals surface area contributed by atoms with Gasteiger partial charge in [0.15, 0.2) is 6.10 Å². The van der Waals surface area contributed by atoms with Crippen molar-refractivity contribution in [1.29, 1.82) is 0 Å². The van der Waals surface area contributed by atoms with Gasteiger partial charge in [-0.3, -0.25) is 14.4 Å². The first-order valence-electron chi connectivity index (χ1n) is 29.7. The van der Waals surface area contributed by atoms with Crippen molar-refractivity contribution in [2.45, 2.75) is 284 Å². The average molecular weight is 988 g/mol. The number of carbonyl (C=O) groups excluding carboxylic acids is 3. The molecule has 0 saturated carbocycles. The van der Waals surface area contributed by atoms with Gasteiger partial charge in [-0.05, 0) is 122 Å². The number of esters is 3. The molecule has 0 aliphatic heterocycles. The summed E-state index contributed by atoms with van der Waals surface area (Å²) in [6, 6.07) is 0. The number of allylic oxidation sites excluding steroid dienone is 16. The molecule has 1 unspecified atom stereocenters. The first kappa shape index (κ1) is 67.3. The van der Waals surface area contributed by atoms with Gasteiger partial charge in [0.1, 0.15) is 13.2 Å². The van der Waals surface area contributed by atoms with Gasteiger partial charge in [-0.1, -0.05) is 234 Å². The van der Waals surface area contributed by atoms with Crippen molar-refractivity contribution in [3.8, 4) is 0 Å². The van der Waals surface area contributed by atoms with Crippen LogP contribution in [0.2, 0.25) is 0 Å². The minimum Gasteiger partial charge on any atom is -0.462 e. The van der Waals surface area contributed by atoms with E-state index in [1.807, 2.05) is 0 Å². The monoisotopic (exact) mass is 987 g/mol. The molecule has 0 radical (unpaired) electrons. The predicted molar refractivity (Wildman–Crippen MR) is 307 cm³/mol. The van der Waals surface area contributed by atoms with Crippen molar-refractivity contribution >= 4 is 17.9 Å². The number of rotatable bonds is 53. The molecule has 0 amide bonds. The Labute approximate surface area is 438 Å². The van der Waals surface area contributed by atoms with Gasteiger partial charge >= 0.3 is 17.9 Å². The highest BCUT2D eigenvalue weighted by Crippen LogP contribution is 2.14. The molecular weight excluding hydrogens is 877 g/mol. The normalized spacial score (nSPS) is 12.8. The van der Waals surface area contributed by atoms with Gasteiger partial charge < -0.3 is 14.2 Å². The molecule has 0 heterocycles. The van der Waals surface area contributed by atoms with E-state index in [4.69, 9.17) is 14.2 Å². The number of hydrogen-bond donors (Lipinski definition) is 0. The summed E-state index contributed by atoms with van der Waals surface area (Å²) in [5, 5.41) is 0. The summed E-state index contributed by atoms with van der Waals surface area (Å²) in [5.41, 5.74) is 0. The Kier molecular flexibility index (Phi) is 55.9. The fourth-order valence-corrected chi connectivity index (χ4v) is 8.08. The third-order valence-corrected chi connectivity index (χ3v) is 12.5. The predicted octanol–water partition coefficient (Wildman–Crippen LogP) is 20.1. The van der Waals surface area contributed by atoms with Gasteiger partial charge in [0, 0.05) is 19.3 Å². The highest BCUT2D eigenvalue weighted by atomic mass is 16.6. The molecule has 0 rings (SSSR count). The third-order valence-electron chi connectivity index (χ3n) is 12.5. The molecular formula is C65H110O6. The maximum Gasteiger partial charge on any atom is 0.306 e.